The lowest BCUT2D eigenvalue weighted by Gasteiger charge is -2.34. The van der Waals surface area contributed by atoms with Crippen molar-refractivity contribution in [1.29, 1.82) is 0 Å². The zero-order valence-corrected chi connectivity index (χ0v) is 17.6. The molecule has 2 aromatic carbocycles. The Morgan fingerprint density at radius 2 is 1.76 bits per heavy atom. The van der Waals surface area contributed by atoms with Crippen LogP contribution in [0, 0.1) is 0 Å². The third kappa shape index (κ3) is 5.79. The molecule has 1 fully saturated rings. The van der Waals surface area contributed by atoms with Crippen molar-refractivity contribution in [3.63, 3.8) is 0 Å². The van der Waals surface area contributed by atoms with E-state index >= 15 is 0 Å². The number of methoxy groups -OCH3 is 2. The summed E-state index contributed by atoms with van der Waals surface area (Å²) in [6.07, 6.45) is 3.13. The standard InChI is InChI=1S/C23H31N3O3/c1-24-23(25-14-11-18-9-10-21(27-2)22(17-18)28-3)26-15-12-20(13-16-26)29-19-7-5-4-6-8-19/h4-10,17,20H,11-16H2,1-3H3,(H,24,25). The molecule has 0 amide bonds. The van der Waals surface area contributed by atoms with Gasteiger partial charge in [0.25, 0.3) is 0 Å². The van der Waals surface area contributed by atoms with Gasteiger partial charge in [0.2, 0.25) is 0 Å². The number of nitrogens with zero attached hydrogens (tertiary/aromatic N) is 2. The van der Waals surface area contributed by atoms with Crippen molar-refractivity contribution in [1.82, 2.24) is 10.2 Å². The van der Waals surface area contributed by atoms with Crippen LogP contribution in [0.4, 0.5) is 0 Å². The Morgan fingerprint density at radius 3 is 2.41 bits per heavy atom. The summed E-state index contributed by atoms with van der Waals surface area (Å²) in [4.78, 5) is 6.76. The number of ether oxygens (including phenoxy) is 3. The van der Waals surface area contributed by atoms with Crippen LogP contribution in [0.2, 0.25) is 0 Å². The highest BCUT2D eigenvalue weighted by Crippen LogP contribution is 2.27. The molecule has 3 rings (SSSR count). The van der Waals surface area contributed by atoms with Crippen LogP contribution in [0.25, 0.3) is 0 Å². The maximum absolute atomic E-state index is 6.09. The number of guanidine groups is 1. The van der Waals surface area contributed by atoms with Crippen LogP contribution < -0.4 is 19.5 Å². The Balaban J connectivity index is 1.45. The van der Waals surface area contributed by atoms with Crippen molar-refractivity contribution >= 4 is 5.96 Å². The molecule has 0 bridgehead atoms. The number of hydrogen-bond acceptors (Lipinski definition) is 4. The van der Waals surface area contributed by atoms with E-state index in [9.17, 15) is 0 Å². The Kier molecular flexibility index (Phi) is 7.61. The molecule has 0 aromatic heterocycles. The zero-order valence-electron chi connectivity index (χ0n) is 17.6. The van der Waals surface area contributed by atoms with Crippen LogP contribution in [0.1, 0.15) is 18.4 Å². The quantitative estimate of drug-likeness (QED) is 0.574. The van der Waals surface area contributed by atoms with E-state index in [1.54, 1.807) is 14.2 Å². The molecule has 6 heteroatoms. The predicted octanol–water partition coefficient (Wildman–Crippen LogP) is 3.37. The molecule has 1 aliphatic heterocycles. The summed E-state index contributed by atoms with van der Waals surface area (Å²) in [7, 11) is 5.15. The number of piperidine rings is 1. The molecule has 0 aliphatic carbocycles. The zero-order chi connectivity index (χ0) is 20.5. The number of aliphatic imine (C=N–C) groups is 1. The molecule has 2 aromatic rings. The Morgan fingerprint density at radius 1 is 1.03 bits per heavy atom. The number of rotatable bonds is 7. The first-order valence-corrected chi connectivity index (χ1v) is 10.1. The fourth-order valence-corrected chi connectivity index (χ4v) is 3.56. The molecule has 1 aliphatic rings. The van der Waals surface area contributed by atoms with Gasteiger partial charge in [0.15, 0.2) is 17.5 Å². The second-order valence-corrected chi connectivity index (χ2v) is 7.03. The molecule has 29 heavy (non-hydrogen) atoms. The van der Waals surface area contributed by atoms with E-state index in [1.807, 2.05) is 49.5 Å². The summed E-state index contributed by atoms with van der Waals surface area (Å²) < 4.78 is 16.8. The minimum Gasteiger partial charge on any atom is -0.493 e. The first-order valence-electron chi connectivity index (χ1n) is 10.1. The van der Waals surface area contributed by atoms with E-state index < -0.39 is 0 Å². The van der Waals surface area contributed by atoms with Gasteiger partial charge >= 0.3 is 0 Å². The normalized spacial score (nSPS) is 15.1. The van der Waals surface area contributed by atoms with Crippen molar-refractivity contribution in [3.05, 3.63) is 54.1 Å². The topological polar surface area (TPSA) is 55.3 Å². The molecule has 1 N–H and O–H groups in total. The third-order valence-corrected chi connectivity index (χ3v) is 5.14. The molecule has 1 saturated heterocycles. The first-order chi connectivity index (χ1) is 14.2. The summed E-state index contributed by atoms with van der Waals surface area (Å²) in [5, 5.41) is 3.48. The van der Waals surface area contributed by atoms with Crippen molar-refractivity contribution in [2.24, 2.45) is 4.99 Å². The largest absolute Gasteiger partial charge is 0.493 e. The molecule has 0 atom stereocenters. The smallest absolute Gasteiger partial charge is 0.193 e. The summed E-state index contributed by atoms with van der Waals surface area (Å²) in [5.41, 5.74) is 1.19. The average Bonchev–Trinajstić information content (AvgIpc) is 2.78. The van der Waals surface area contributed by atoms with Crippen molar-refractivity contribution in [3.8, 4) is 17.2 Å². The van der Waals surface area contributed by atoms with E-state index in [4.69, 9.17) is 14.2 Å². The Hall–Kier alpha value is -2.89. The molecule has 6 nitrogen and oxygen atoms in total. The van der Waals surface area contributed by atoms with Crippen LogP contribution in [0.3, 0.4) is 0 Å². The molecule has 1 heterocycles. The number of nitrogens with one attached hydrogen (secondary N) is 1. The van der Waals surface area contributed by atoms with Crippen molar-refractivity contribution < 1.29 is 14.2 Å². The molecule has 0 spiro atoms. The fourth-order valence-electron chi connectivity index (χ4n) is 3.56. The van der Waals surface area contributed by atoms with E-state index in [0.717, 1.165) is 62.1 Å². The Bertz CT molecular complexity index is 787. The lowest BCUT2D eigenvalue weighted by Crippen LogP contribution is -2.47. The van der Waals surface area contributed by atoms with Crippen LogP contribution in [-0.2, 0) is 6.42 Å². The number of hydrogen-bond donors (Lipinski definition) is 1. The van der Waals surface area contributed by atoms with E-state index in [0.29, 0.717) is 0 Å². The molecular formula is C23H31N3O3. The first kappa shape index (κ1) is 20.8. The second kappa shape index (κ2) is 10.6. The van der Waals surface area contributed by atoms with E-state index in [2.05, 4.69) is 21.3 Å². The van der Waals surface area contributed by atoms with Gasteiger partial charge in [-0.3, -0.25) is 4.99 Å². The minimum atomic E-state index is 0.263. The van der Waals surface area contributed by atoms with Gasteiger partial charge in [-0.15, -0.1) is 0 Å². The van der Waals surface area contributed by atoms with Crippen LogP contribution in [-0.4, -0.2) is 57.9 Å². The number of likely N-dealkylation sites (tertiary alicyclic amines) is 1. The van der Waals surface area contributed by atoms with Gasteiger partial charge < -0.3 is 24.4 Å². The van der Waals surface area contributed by atoms with Gasteiger partial charge in [-0.05, 0) is 36.2 Å². The molecule has 0 saturated carbocycles. The summed E-state index contributed by atoms with van der Waals surface area (Å²) in [5.74, 6) is 3.41. The highest BCUT2D eigenvalue weighted by molar-refractivity contribution is 5.80. The summed E-state index contributed by atoms with van der Waals surface area (Å²) in [6, 6.07) is 16.1. The molecule has 0 radical (unpaired) electrons. The van der Waals surface area contributed by atoms with Crippen molar-refractivity contribution in [2.75, 3.05) is 40.9 Å². The second-order valence-electron chi connectivity index (χ2n) is 7.03. The van der Waals surface area contributed by atoms with E-state index in [-0.39, 0.29) is 6.10 Å². The van der Waals surface area contributed by atoms with Gasteiger partial charge in [0.05, 0.1) is 14.2 Å². The van der Waals surface area contributed by atoms with Gasteiger partial charge in [0, 0.05) is 39.5 Å². The SMILES string of the molecule is CN=C(NCCc1ccc(OC)c(OC)c1)N1CCC(Oc2ccccc2)CC1. The lowest BCUT2D eigenvalue weighted by atomic mass is 10.1. The van der Waals surface area contributed by atoms with Gasteiger partial charge in [-0.2, -0.15) is 0 Å². The van der Waals surface area contributed by atoms with Gasteiger partial charge in [-0.1, -0.05) is 24.3 Å². The molecule has 156 valence electrons. The van der Waals surface area contributed by atoms with Crippen LogP contribution in [0.5, 0.6) is 17.2 Å². The maximum Gasteiger partial charge on any atom is 0.193 e. The van der Waals surface area contributed by atoms with Crippen molar-refractivity contribution in [2.45, 2.75) is 25.4 Å². The predicted molar refractivity (Wildman–Crippen MR) is 116 cm³/mol. The summed E-state index contributed by atoms with van der Waals surface area (Å²) >= 11 is 0. The van der Waals surface area contributed by atoms with Gasteiger partial charge in [0.1, 0.15) is 11.9 Å². The molecule has 0 unspecified atom stereocenters. The highest BCUT2D eigenvalue weighted by atomic mass is 16.5. The lowest BCUT2D eigenvalue weighted by molar-refractivity contribution is 0.129. The monoisotopic (exact) mass is 397 g/mol. The fraction of sp³-hybridized carbons (Fsp3) is 0.435. The summed E-state index contributed by atoms with van der Waals surface area (Å²) in [6.45, 7) is 2.68. The van der Waals surface area contributed by atoms with E-state index in [1.165, 1.54) is 5.56 Å². The molecular weight excluding hydrogens is 366 g/mol. The maximum atomic E-state index is 6.09. The minimum absolute atomic E-state index is 0.263. The van der Waals surface area contributed by atoms with Gasteiger partial charge in [-0.25, -0.2) is 0 Å². The third-order valence-electron chi connectivity index (χ3n) is 5.14. The van der Waals surface area contributed by atoms with Crippen LogP contribution in [0.15, 0.2) is 53.5 Å². The Labute approximate surface area is 173 Å². The van der Waals surface area contributed by atoms with Crippen LogP contribution >= 0.6 is 0 Å². The number of benzene rings is 2. The highest BCUT2D eigenvalue weighted by Gasteiger charge is 2.22. The average molecular weight is 398 g/mol. The number of para-hydroxylation sites is 1.